The van der Waals surface area contributed by atoms with Crippen LogP contribution in [0.2, 0.25) is 0 Å². The quantitative estimate of drug-likeness (QED) is 0.521. The summed E-state index contributed by atoms with van der Waals surface area (Å²) in [5.41, 5.74) is 0. The maximum atomic E-state index is 11.7. The van der Waals surface area contributed by atoms with Gasteiger partial charge in [-0.05, 0) is 25.7 Å². The summed E-state index contributed by atoms with van der Waals surface area (Å²) in [5.74, 6) is 0.119. The van der Waals surface area contributed by atoms with Gasteiger partial charge >= 0.3 is 0 Å². The van der Waals surface area contributed by atoms with Gasteiger partial charge < -0.3 is 4.74 Å². The van der Waals surface area contributed by atoms with Gasteiger partial charge in [-0.1, -0.05) is 28.8 Å². The molecule has 0 amide bonds. The SMILES string of the molecule is O=S(=O)(CC1CCCO1)NCCCCCCBr. The van der Waals surface area contributed by atoms with E-state index in [4.69, 9.17) is 4.74 Å². The summed E-state index contributed by atoms with van der Waals surface area (Å²) in [7, 11) is -3.14. The summed E-state index contributed by atoms with van der Waals surface area (Å²) in [6, 6.07) is 0. The van der Waals surface area contributed by atoms with Crippen molar-refractivity contribution in [2.24, 2.45) is 0 Å². The number of rotatable bonds is 9. The zero-order chi connectivity index (χ0) is 12.6. The maximum Gasteiger partial charge on any atom is 0.214 e. The lowest BCUT2D eigenvalue weighted by atomic mass is 10.2. The van der Waals surface area contributed by atoms with Crippen LogP contribution in [0.15, 0.2) is 0 Å². The summed E-state index contributed by atoms with van der Waals surface area (Å²) >= 11 is 3.37. The van der Waals surface area contributed by atoms with Crippen molar-refractivity contribution in [3.8, 4) is 0 Å². The molecular weight excluding hydrogens is 306 g/mol. The van der Waals surface area contributed by atoms with Crippen LogP contribution in [-0.2, 0) is 14.8 Å². The molecule has 1 atom stereocenters. The molecule has 0 aromatic carbocycles. The first-order valence-corrected chi connectivity index (χ1v) is 9.06. The summed E-state index contributed by atoms with van der Waals surface area (Å²) in [4.78, 5) is 0. The average Bonchev–Trinajstić information content (AvgIpc) is 2.75. The van der Waals surface area contributed by atoms with Gasteiger partial charge in [-0.3, -0.25) is 0 Å². The normalized spacial score (nSPS) is 20.9. The molecule has 1 unspecified atom stereocenters. The van der Waals surface area contributed by atoms with Crippen molar-refractivity contribution in [1.82, 2.24) is 4.72 Å². The molecule has 0 aromatic heterocycles. The lowest BCUT2D eigenvalue weighted by molar-refractivity contribution is 0.127. The minimum absolute atomic E-state index is 0.0964. The number of alkyl halides is 1. The van der Waals surface area contributed by atoms with Gasteiger partial charge in [0.25, 0.3) is 0 Å². The van der Waals surface area contributed by atoms with E-state index in [9.17, 15) is 8.42 Å². The van der Waals surface area contributed by atoms with E-state index in [2.05, 4.69) is 20.7 Å². The number of nitrogens with one attached hydrogen (secondary N) is 1. The number of ether oxygens (including phenoxy) is 1. The number of hydrogen-bond donors (Lipinski definition) is 1. The standard InChI is InChI=1S/C11H22BrNO3S/c12-7-3-1-2-4-8-13-17(14,15)10-11-6-5-9-16-11/h11,13H,1-10H2. The fraction of sp³-hybridized carbons (Fsp3) is 1.00. The number of halogens is 1. The Hall–Kier alpha value is 0.350. The van der Waals surface area contributed by atoms with E-state index in [1.165, 1.54) is 0 Å². The average molecular weight is 328 g/mol. The van der Waals surface area contributed by atoms with Crippen LogP contribution in [0.3, 0.4) is 0 Å². The van der Waals surface area contributed by atoms with Crippen LogP contribution in [0.4, 0.5) is 0 Å². The Morgan fingerprint density at radius 2 is 2.00 bits per heavy atom. The summed E-state index contributed by atoms with van der Waals surface area (Å²) in [6.45, 7) is 1.25. The Morgan fingerprint density at radius 1 is 1.24 bits per heavy atom. The lowest BCUT2D eigenvalue weighted by Gasteiger charge is -2.11. The topological polar surface area (TPSA) is 55.4 Å². The second kappa shape index (κ2) is 8.45. The highest BCUT2D eigenvalue weighted by Gasteiger charge is 2.22. The van der Waals surface area contributed by atoms with Crippen molar-refractivity contribution < 1.29 is 13.2 Å². The van der Waals surface area contributed by atoms with Gasteiger partial charge in [0.05, 0.1) is 11.9 Å². The molecule has 1 N–H and O–H groups in total. The van der Waals surface area contributed by atoms with Crippen LogP contribution in [0, 0.1) is 0 Å². The molecule has 1 saturated heterocycles. The zero-order valence-electron chi connectivity index (χ0n) is 10.2. The molecule has 17 heavy (non-hydrogen) atoms. The van der Waals surface area contributed by atoms with E-state index in [1.54, 1.807) is 0 Å². The molecule has 1 aliphatic rings. The van der Waals surface area contributed by atoms with E-state index in [1.807, 2.05) is 0 Å². The van der Waals surface area contributed by atoms with Crippen molar-refractivity contribution in [1.29, 1.82) is 0 Å². The predicted octanol–water partition coefficient (Wildman–Crippen LogP) is 2.04. The Morgan fingerprint density at radius 3 is 2.65 bits per heavy atom. The van der Waals surface area contributed by atoms with E-state index < -0.39 is 10.0 Å². The fourth-order valence-electron chi connectivity index (χ4n) is 1.88. The van der Waals surface area contributed by atoms with E-state index in [0.717, 1.165) is 43.9 Å². The van der Waals surface area contributed by atoms with Crippen molar-refractivity contribution >= 4 is 26.0 Å². The number of hydrogen-bond acceptors (Lipinski definition) is 3. The third-order valence-corrected chi connectivity index (χ3v) is 4.83. The van der Waals surface area contributed by atoms with Crippen molar-refractivity contribution in [2.45, 2.75) is 44.6 Å². The minimum atomic E-state index is -3.14. The van der Waals surface area contributed by atoms with Crippen molar-refractivity contribution in [3.05, 3.63) is 0 Å². The van der Waals surface area contributed by atoms with Crippen LogP contribution in [0.1, 0.15) is 38.5 Å². The highest BCUT2D eigenvalue weighted by molar-refractivity contribution is 9.09. The van der Waals surface area contributed by atoms with Gasteiger partial charge in [-0.2, -0.15) is 0 Å². The molecule has 102 valence electrons. The Labute approximate surface area is 113 Å². The Bertz CT molecular complexity index is 289. The molecule has 0 aromatic rings. The molecule has 0 spiro atoms. The van der Waals surface area contributed by atoms with Crippen LogP contribution >= 0.6 is 15.9 Å². The molecular formula is C11H22BrNO3S. The third kappa shape index (κ3) is 7.39. The highest BCUT2D eigenvalue weighted by atomic mass is 79.9. The van der Waals surface area contributed by atoms with Crippen molar-refractivity contribution in [2.75, 3.05) is 24.2 Å². The Kier molecular flexibility index (Phi) is 7.66. The zero-order valence-corrected chi connectivity index (χ0v) is 12.6. The van der Waals surface area contributed by atoms with E-state index in [-0.39, 0.29) is 11.9 Å². The molecule has 0 radical (unpaired) electrons. The van der Waals surface area contributed by atoms with E-state index >= 15 is 0 Å². The molecule has 1 rings (SSSR count). The molecule has 0 saturated carbocycles. The lowest BCUT2D eigenvalue weighted by Crippen LogP contribution is -2.32. The molecule has 0 aliphatic carbocycles. The smallest absolute Gasteiger partial charge is 0.214 e. The number of sulfonamides is 1. The summed E-state index contributed by atoms with van der Waals surface area (Å²) in [5, 5.41) is 1.03. The van der Waals surface area contributed by atoms with Gasteiger partial charge in [0.15, 0.2) is 0 Å². The highest BCUT2D eigenvalue weighted by Crippen LogP contribution is 2.13. The molecule has 1 heterocycles. The second-order valence-electron chi connectivity index (χ2n) is 4.41. The first-order valence-electron chi connectivity index (χ1n) is 6.29. The van der Waals surface area contributed by atoms with Gasteiger partial charge in [0, 0.05) is 18.5 Å². The summed E-state index contributed by atoms with van der Waals surface area (Å²) in [6.07, 6.45) is 6.05. The largest absolute Gasteiger partial charge is 0.377 e. The van der Waals surface area contributed by atoms with Gasteiger partial charge in [0.1, 0.15) is 0 Å². The van der Waals surface area contributed by atoms with Gasteiger partial charge in [0.2, 0.25) is 10.0 Å². The van der Waals surface area contributed by atoms with Gasteiger partial charge in [-0.25, -0.2) is 13.1 Å². The number of unbranched alkanes of at least 4 members (excludes halogenated alkanes) is 3. The Balaban J connectivity index is 2.07. The van der Waals surface area contributed by atoms with Crippen LogP contribution in [-0.4, -0.2) is 38.8 Å². The molecule has 1 fully saturated rings. The summed E-state index contributed by atoms with van der Waals surface area (Å²) < 4.78 is 31.3. The van der Waals surface area contributed by atoms with Gasteiger partial charge in [-0.15, -0.1) is 0 Å². The second-order valence-corrected chi connectivity index (χ2v) is 7.06. The van der Waals surface area contributed by atoms with Crippen molar-refractivity contribution in [3.63, 3.8) is 0 Å². The monoisotopic (exact) mass is 327 g/mol. The molecule has 0 bridgehead atoms. The first kappa shape index (κ1) is 15.4. The van der Waals surface area contributed by atoms with Crippen LogP contribution in [0.25, 0.3) is 0 Å². The third-order valence-electron chi connectivity index (χ3n) is 2.81. The first-order chi connectivity index (χ1) is 8.14. The molecule has 4 nitrogen and oxygen atoms in total. The van der Waals surface area contributed by atoms with E-state index in [0.29, 0.717) is 13.2 Å². The molecule has 6 heteroatoms. The van der Waals surface area contributed by atoms with Crippen LogP contribution < -0.4 is 4.72 Å². The minimum Gasteiger partial charge on any atom is -0.377 e. The van der Waals surface area contributed by atoms with Crippen LogP contribution in [0.5, 0.6) is 0 Å². The predicted molar refractivity (Wildman–Crippen MR) is 73.0 cm³/mol. The fourth-order valence-corrected chi connectivity index (χ4v) is 3.60. The maximum absolute atomic E-state index is 11.7. The molecule has 1 aliphatic heterocycles.